The molecule has 0 saturated heterocycles. The fourth-order valence-electron chi connectivity index (χ4n) is 2.58. The van der Waals surface area contributed by atoms with E-state index in [2.05, 4.69) is 10.2 Å². The number of rotatable bonds is 8. The van der Waals surface area contributed by atoms with Crippen molar-refractivity contribution in [3.05, 3.63) is 41.8 Å². The Bertz CT molecular complexity index is 669. The monoisotopic (exact) mass is 332 g/mol. The second kappa shape index (κ2) is 8.59. The Morgan fingerprint density at radius 3 is 2.83 bits per heavy atom. The van der Waals surface area contributed by atoms with Crippen molar-refractivity contribution < 1.29 is 9.18 Å². The minimum absolute atomic E-state index is 0.0247. The Labute approximate surface area is 142 Å². The fraction of sp³-hybridized carbons (Fsp3) is 0.444. The van der Waals surface area contributed by atoms with Gasteiger partial charge in [-0.2, -0.15) is 5.10 Å². The molecule has 0 aliphatic carbocycles. The van der Waals surface area contributed by atoms with Gasteiger partial charge >= 0.3 is 0 Å². The van der Waals surface area contributed by atoms with Crippen LogP contribution in [0.25, 0.3) is 11.3 Å². The van der Waals surface area contributed by atoms with Crippen molar-refractivity contribution in [2.24, 2.45) is 5.73 Å². The number of nitrogens with one attached hydrogen (secondary N) is 1. The number of likely N-dealkylation sites (N-methyl/N-ethyl adjacent to an activating group) is 1. The quantitative estimate of drug-likeness (QED) is 0.730. The molecule has 0 fully saturated rings. The van der Waals surface area contributed by atoms with Crippen LogP contribution in [0.2, 0.25) is 0 Å². The van der Waals surface area contributed by atoms with E-state index in [1.54, 1.807) is 24.9 Å². The van der Waals surface area contributed by atoms with Crippen molar-refractivity contribution in [2.75, 3.05) is 13.6 Å². The first kappa shape index (κ1) is 18.1. The highest BCUT2D eigenvalue weighted by molar-refractivity contribution is 5.80. The van der Waals surface area contributed by atoms with Gasteiger partial charge in [-0.05, 0) is 44.4 Å². The van der Waals surface area contributed by atoms with Crippen LogP contribution in [-0.2, 0) is 11.2 Å². The Hall–Kier alpha value is -2.21. The van der Waals surface area contributed by atoms with Gasteiger partial charge in [-0.3, -0.25) is 9.89 Å². The summed E-state index contributed by atoms with van der Waals surface area (Å²) in [4.78, 5) is 13.3. The summed E-state index contributed by atoms with van der Waals surface area (Å²) in [6, 6.07) is 7.94. The number of carbonyl (C=O) groups is 1. The van der Waals surface area contributed by atoms with E-state index in [0.717, 1.165) is 49.2 Å². The molecule has 5 nitrogen and oxygen atoms in total. The lowest BCUT2D eigenvalue weighted by Gasteiger charge is -2.18. The smallest absolute Gasteiger partial charge is 0.238 e. The molecule has 2 rings (SSSR count). The minimum Gasteiger partial charge on any atom is -0.344 e. The van der Waals surface area contributed by atoms with Gasteiger partial charge in [0.1, 0.15) is 5.82 Å². The predicted octanol–water partition coefficient (Wildman–Crippen LogP) is 2.73. The maximum atomic E-state index is 13.2. The Morgan fingerprint density at radius 1 is 1.33 bits per heavy atom. The molecule has 130 valence electrons. The second-order valence-corrected chi connectivity index (χ2v) is 6.15. The summed E-state index contributed by atoms with van der Waals surface area (Å²) in [7, 11) is 1.78. The zero-order chi connectivity index (χ0) is 17.5. The van der Waals surface area contributed by atoms with Crippen molar-refractivity contribution in [1.29, 1.82) is 0 Å². The topological polar surface area (TPSA) is 75.0 Å². The molecule has 0 aliphatic rings. The Morgan fingerprint density at radius 2 is 2.12 bits per heavy atom. The SMILES string of the molecule is CC(N)C(=O)N(C)CCCCCc1cc(-c2cccc(F)c2)n[nH]1. The van der Waals surface area contributed by atoms with Gasteiger partial charge in [-0.15, -0.1) is 0 Å². The molecule has 0 saturated carbocycles. The van der Waals surface area contributed by atoms with Crippen LogP contribution in [0, 0.1) is 5.82 Å². The van der Waals surface area contributed by atoms with Crippen LogP contribution in [0.5, 0.6) is 0 Å². The van der Waals surface area contributed by atoms with E-state index in [1.807, 2.05) is 12.1 Å². The molecule has 24 heavy (non-hydrogen) atoms. The summed E-state index contributed by atoms with van der Waals surface area (Å²) in [6.07, 6.45) is 3.85. The van der Waals surface area contributed by atoms with Crippen molar-refractivity contribution in [3.63, 3.8) is 0 Å². The van der Waals surface area contributed by atoms with Crippen LogP contribution in [0.3, 0.4) is 0 Å². The van der Waals surface area contributed by atoms with Crippen LogP contribution in [0.4, 0.5) is 4.39 Å². The fourth-order valence-corrected chi connectivity index (χ4v) is 2.58. The van der Waals surface area contributed by atoms with Gasteiger partial charge in [0, 0.05) is 24.8 Å². The molecule has 1 amide bonds. The molecule has 0 spiro atoms. The number of benzene rings is 1. The number of hydrogen-bond acceptors (Lipinski definition) is 3. The van der Waals surface area contributed by atoms with Crippen LogP contribution < -0.4 is 5.73 Å². The van der Waals surface area contributed by atoms with Crippen LogP contribution in [0.15, 0.2) is 30.3 Å². The average molecular weight is 332 g/mol. The summed E-state index contributed by atoms with van der Waals surface area (Å²) >= 11 is 0. The number of unbranched alkanes of at least 4 members (excludes halogenated alkanes) is 2. The van der Waals surface area contributed by atoms with E-state index >= 15 is 0 Å². The summed E-state index contributed by atoms with van der Waals surface area (Å²) in [6.45, 7) is 2.42. The molecule has 0 radical (unpaired) electrons. The number of H-pyrrole nitrogens is 1. The number of amides is 1. The molecule has 1 aromatic carbocycles. The molecule has 0 aliphatic heterocycles. The highest BCUT2D eigenvalue weighted by atomic mass is 19.1. The Balaban J connectivity index is 1.73. The second-order valence-electron chi connectivity index (χ2n) is 6.15. The lowest BCUT2D eigenvalue weighted by molar-refractivity contribution is -0.130. The molecule has 1 unspecified atom stereocenters. The van der Waals surface area contributed by atoms with E-state index in [0.29, 0.717) is 0 Å². The van der Waals surface area contributed by atoms with Gasteiger partial charge in [0.25, 0.3) is 0 Å². The molecule has 1 atom stereocenters. The standard InChI is InChI=1S/C18H25FN4O/c1-13(20)18(24)23(2)10-5-3-4-9-16-12-17(22-21-16)14-7-6-8-15(19)11-14/h6-8,11-13H,3-5,9-10,20H2,1-2H3,(H,21,22). The summed E-state index contributed by atoms with van der Waals surface area (Å²) in [5, 5.41) is 7.24. The number of aromatic nitrogens is 2. The summed E-state index contributed by atoms with van der Waals surface area (Å²) in [5.41, 5.74) is 8.14. The molecule has 1 heterocycles. The number of halogens is 1. The van der Waals surface area contributed by atoms with Gasteiger partial charge in [-0.1, -0.05) is 18.6 Å². The number of aryl methyl sites for hydroxylation is 1. The van der Waals surface area contributed by atoms with Gasteiger partial charge in [0.2, 0.25) is 5.91 Å². The lowest BCUT2D eigenvalue weighted by atomic mass is 10.1. The van der Waals surface area contributed by atoms with E-state index in [9.17, 15) is 9.18 Å². The molecular formula is C18H25FN4O. The summed E-state index contributed by atoms with van der Waals surface area (Å²) in [5.74, 6) is -0.286. The molecule has 3 N–H and O–H groups in total. The summed E-state index contributed by atoms with van der Waals surface area (Å²) < 4.78 is 13.2. The van der Waals surface area contributed by atoms with Crippen molar-refractivity contribution in [1.82, 2.24) is 15.1 Å². The van der Waals surface area contributed by atoms with Crippen molar-refractivity contribution in [2.45, 2.75) is 38.6 Å². The van der Waals surface area contributed by atoms with Crippen molar-refractivity contribution in [3.8, 4) is 11.3 Å². The largest absolute Gasteiger partial charge is 0.344 e. The molecule has 2 aromatic rings. The van der Waals surface area contributed by atoms with Crippen LogP contribution in [0.1, 0.15) is 31.9 Å². The van der Waals surface area contributed by atoms with Gasteiger partial charge in [0.05, 0.1) is 11.7 Å². The minimum atomic E-state index is -0.443. The number of carbonyl (C=O) groups excluding carboxylic acids is 1. The number of nitrogens with zero attached hydrogens (tertiary/aromatic N) is 2. The predicted molar refractivity (Wildman–Crippen MR) is 92.8 cm³/mol. The molecule has 0 bridgehead atoms. The average Bonchev–Trinajstić information content (AvgIpc) is 3.02. The normalized spacial score (nSPS) is 12.2. The van der Waals surface area contributed by atoms with Crippen LogP contribution in [-0.4, -0.2) is 40.6 Å². The van der Waals surface area contributed by atoms with Gasteiger partial charge in [0.15, 0.2) is 0 Å². The highest BCUT2D eigenvalue weighted by Crippen LogP contribution is 2.19. The number of nitrogens with two attached hydrogens (primary N) is 1. The van der Waals surface area contributed by atoms with Crippen LogP contribution >= 0.6 is 0 Å². The third-order valence-electron chi connectivity index (χ3n) is 3.96. The van der Waals surface area contributed by atoms with E-state index in [-0.39, 0.29) is 11.7 Å². The maximum absolute atomic E-state index is 13.2. The first-order chi connectivity index (χ1) is 11.5. The molecule has 1 aromatic heterocycles. The highest BCUT2D eigenvalue weighted by Gasteiger charge is 2.12. The third-order valence-corrected chi connectivity index (χ3v) is 3.96. The third kappa shape index (κ3) is 5.16. The zero-order valence-corrected chi connectivity index (χ0v) is 14.3. The van der Waals surface area contributed by atoms with E-state index in [1.165, 1.54) is 12.1 Å². The maximum Gasteiger partial charge on any atom is 0.238 e. The first-order valence-corrected chi connectivity index (χ1v) is 8.28. The number of aromatic amines is 1. The molecule has 6 heteroatoms. The van der Waals surface area contributed by atoms with E-state index in [4.69, 9.17) is 5.73 Å². The zero-order valence-electron chi connectivity index (χ0n) is 14.3. The lowest BCUT2D eigenvalue weighted by Crippen LogP contribution is -2.40. The van der Waals surface area contributed by atoms with E-state index < -0.39 is 6.04 Å². The van der Waals surface area contributed by atoms with Gasteiger partial charge in [-0.25, -0.2) is 4.39 Å². The van der Waals surface area contributed by atoms with Gasteiger partial charge < -0.3 is 10.6 Å². The van der Waals surface area contributed by atoms with Crippen molar-refractivity contribution >= 4 is 5.91 Å². The number of hydrogen-bond donors (Lipinski definition) is 2. The first-order valence-electron chi connectivity index (χ1n) is 8.28. The molecular weight excluding hydrogens is 307 g/mol. The Kier molecular flexibility index (Phi) is 6.49.